The molecule has 0 bridgehead atoms. The first-order chi connectivity index (χ1) is 19.9. The second-order valence-electron chi connectivity index (χ2n) is 11.1. The number of ether oxygens (including phenoxy) is 2. The summed E-state index contributed by atoms with van der Waals surface area (Å²) in [5.41, 5.74) is 0.279. The molecule has 1 aromatic carbocycles. The zero-order valence-electron chi connectivity index (χ0n) is 24.1. The molecule has 11 nitrogen and oxygen atoms in total. The number of rotatable bonds is 10. The Labute approximate surface area is 250 Å². The highest BCUT2D eigenvalue weighted by Crippen LogP contribution is 2.49. The third-order valence-corrected chi connectivity index (χ3v) is 9.96. The van der Waals surface area contributed by atoms with Gasteiger partial charge in [0.15, 0.2) is 0 Å². The highest BCUT2D eigenvalue weighted by molar-refractivity contribution is 7.88. The maximum absolute atomic E-state index is 15.2. The zero-order valence-corrected chi connectivity index (χ0v) is 25.7. The fraction of sp³-hybridized carbons (Fsp3) is 0.536. The average molecular weight is 623 g/mol. The van der Waals surface area contributed by atoms with E-state index in [1.165, 1.54) is 29.9 Å². The minimum absolute atomic E-state index is 0.0233. The molecule has 42 heavy (non-hydrogen) atoms. The summed E-state index contributed by atoms with van der Waals surface area (Å²) < 4.78 is 53.4. The van der Waals surface area contributed by atoms with Crippen LogP contribution in [0.25, 0.3) is 0 Å². The monoisotopic (exact) mass is 622 g/mol. The molecule has 2 fully saturated rings. The number of nitrogens with one attached hydrogen (secondary N) is 2. The first-order valence-corrected chi connectivity index (χ1v) is 16.1. The number of aromatic nitrogens is 2. The largest absolute Gasteiger partial charge is 0.495 e. The lowest BCUT2D eigenvalue weighted by Crippen LogP contribution is -2.55. The number of carbonyl (C=O) groups is 1. The molecule has 1 aromatic heterocycles. The van der Waals surface area contributed by atoms with Crippen LogP contribution in [0.15, 0.2) is 30.0 Å². The summed E-state index contributed by atoms with van der Waals surface area (Å²) in [4.78, 5) is 23.7. The topological polar surface area (TPSA) is 126 Å². The summed E-state index contributed by atoms with van der Waals surface area (Å²) in [6, 6.07) is 2.47. The standard InChI is InChI=1S/C28H36ClFN6O5S/c1-35-12-9-18(10-13-35)32-25(37)19-14-23(40-3)22(15-21(19)30)33-27-31-16-20(29)26(34-27)41-24-6-5-11-28(24,17-7-8-17)36(2)42(4,38)39/h7,14-16,18,24H,5-6,8-13H2,1-4H3,(H,32,37)(H,31,33,34)/t24-,28-/m1/s1. The fourth-order valence-corrected chi connectivity index (χ4v) is 6.96. The summed E-state index contributed by atoms with van der Waals surface area (Å²) in [5.74, 6) is -0.888. The van der Waals surface area contributed by atoms with Crippen LogP contribution in [0, 0.1) is 5.82 Å². The van der Waals surface area contributed by atoms with Crippen LogP contribution in [0.5, 0.6) is 11.6 Å². The van der Waals surface area contributed by atoms with E-state index in [0.29, 0.717) is 12.8 Å². The van der Waals surface area contributed by atoms with Crippen molar-refractivity contribution >= 4 is 39.2 Å². The number of methoxy groups -OCH3 is 1. The van der Waals surface area contributed by atoms with E-state index in [0.717, 1.165) is 50.4 Å². The maximum Gasteiger partial charge on any atom is 0.254 e. The molecule has 2 heterocycles. The van der Waals surface area contributed by atoms with Gasteiger partial charge in [-0.1, -0.05) is 17.7 Å². The molecule has 3 aliphatic rings. The van der Waals surface area contributed by atoms with Crippen molar-refractivity contribution in [1.82, 2.24) is 24.5 Å². The van der Waals surface area contributed by atoms with E-state index in [2.05, 4.69) is 25.5 Å². The predicted molar refractivity (Wildman–Crippen MR) is 158 cm³/mol. The quantitative estimate of drug-likeness (QED) is 0.381. The molecule has 0 unspecified atom stereocenters. The van der Waals surface area contributed by atoms with Gasteiger partial charge < -0.3 is 25.0 Å². The molecule has 0 radical (unpaired) electrons. The molecule has 1 saturated heterocycles. The van der Waals surface area contributed by atoms with Crippen LogP contribution in [0.4, 0.5) is 16.0 Å². The summed E-state index contributed by atoms with van der Waals surface area (Å²) in [5, 5.41) is 6.00. The first-order valence-electron chi connectivity index (χ1n) is 13.9. The van der Waals surface area contributed by atoms with Crippen molar-refractivity contribution in [1.29, 1.82) is 0 Å². The van der Waals surface area contributed by atoms with E-state index in [9.17, 15) is 13.2 Å². The molecule has 14 heteroatoms. The molecular weight excluding hydrogens is 587 g/mol. The van der Waals surface area contributed by atoms with Gasteiger partial charge in [0.2, 0.25) is 21.9 Å². The van der Waals surface area contributed by atoms with Crippen molar-refractivity contribution in [2.45, 2.75) is 56.2 Å². The van der Waals surface area contributed by atoms with Crippen LogP contribution in [0.2, 0.25) is 5.02 Å². The van der Waals surface area contributed by atoms with Crippen LogP contribution in [0.3, 0.4) is 0 Å². The Morgan fingerprint density at radius 2 is 1.98 bits per heavy atom. The number of hydrogen-bond donors (Lipinski definition) is 2. The van der Waals surface area contributed by atoms with E-state index < -0.39 is 33.4 Å². The third-order valence-electron chi connectivity index (χ3n) is 8.38. The SMILES string of the molecule is COc1cc(C(=O)NC2CCN(C)CC2)c(F)cc1Nc1ncc(Cl)c(O[C@@H]2CCC[C@]2(C2=CC2)N(C)S(C)(=O)=O)n1. The number of allylic oxidation sites excluding steroid dienone is 1. The molecule has 228 valence electrons. The summed E-state index contributed by atoms with van der Waals surface area (Å²) in [7, 11) is 1.50. The molecule has 1 aliphatic heterocycles. The third kappa shape index (κ3) is 6.19. The Morgan fingerprint density at radius 3 is 2.62 bits per heavy atom. The number of amides is 1. The van der Waals surface area contributed by atoms with E-state index in [-0.39, 0.29) is 39.9 Å². The van der Waals surface area contributed by atoms with Crippen molar-refractivity contribution in [2.75, 3.05) is 45.9 Å². The molecule has 1 saturated carbocycles. The number of benzene rings is 1. The lowest BCUT2D eigenvalue weighted by atomic mass is 9.91. The number of anilines is 2. The van der Waals surface area contributed by atoms with Gasteiger partial charge in [0.25, 0.3) is 5.91 Å². The number of likely N-dealkylation sites (N-methyl/N-ethyl adjacent to an activating group) is 1. The number of piperidine rings is 1. The first kappa shape index (κ1) is 30.5. The molecular formula is C28H36ClFN6O5S. The smallest absolute Gasteiger partial charge is 0.254 e. The van der Waals surface area contributed by atoms with Crippen molar-refractivity contribution in [3.63, 3.8) is 0 Å². The van der Waals surface area contributed by atoms with Crippen LogP contribution < -0.4 is 20.1 Å². The predicted octanol–water partition coefficient (Wildman–Crippen LogP) is 3.74. The van der Waals surface area contributed by atoms with Crippen molar-refractivity contribution in [3.8, 4) is 11.6 Å². The Hall–Kier alpha value is -3.00. The molecule has 5 rings (SSSR count). The fourth-order valence-electron chi connectivity index (χ4n) is 5.90. The van der Waals surface area contributed by atoms with Gasteiger partial charge in [0, 0.05) is 19.2 Å². The maximum atomic E-state index is 15.2. The molecule has 2 aromatic rings. The number of carbonyl (C=O) groups excluding carboxylic acids is 1. The van der Waals surface area contributed by atoms with Gasteiger partial charge in [-0.3, -0.25) is 4.79 Å². The Bertz CT molecular complexity index is 1500. The van der Waals surface area contributed by atoms with Crippen LogP contribution in [0.1, 0.15) is 48.9 Å². The molecule has 1 amide bonds. The second-order valence-corrected chi connectivity index (χ2v) is 13.6. The van der Waals surface area contributed by atoms with Gasteiger partial charge in [-0.25, -0.2) is 17.8 Å². The molecule has 0 spiro atoms. The van der Waals surface area contributed by atoms with Crippen molar-refractivity contribution in [2.24, 2.45) is 0 Å². The minimum atomic E-state index is -3.51. The number of sulfonamides is 1. The van der Waals surface area contributed by atoms with E-state index in [1.807, 2.05) is 13.1 Å². The Kier molecular flexibility index (Phi) is 8.66. The van der Waals surface area contributed by atoms with E-state index in [4.69, 9.17) is 21.1 Å². The minimum Gasteiger partial charge on any atom is -0.495 e. The van der Waals surface area contributed by atoms with E-state index >= 15 is 4.39 Å². The highest BCUT2D eigenvalue weighted by Gasteiger charge is 2.55. The normalized spacial score (nSPS) is 23.0. The summed E-state index contributed by atoms with van der Waals surface area (Å²) >= 11 is 6.41. The number of halogens is 2. The van der Waals surface area contributed by atoms with Gasteiger partial charge in [0.1, 0.15) is 22.7 Å². The van der Waals surface area contributed by atoms with Gasteiger partial charge in [0.05, 0.1) is 36.4 Å². The second kappa shape index (κ2) is 11.9. The van der Waals surface area contributed by atoms with Gasteiger partial charge in [-0.15, -0.1) is 0 Å². The van der Waals surface area contributed by atoms with Gasteiger partial charge in [-0.2, -0.15) is 9.29 Å². The zero-order chi connectivity index (χ0) is 30.2. The summed E-state index contributed by atoms with van der Waals surface area (Å²) in [6.45, 7) is 1.72. The van der Waals surface area contributed by atoms with E-state index in [1.54, 1.807) is 7.05 Å². The molecule has 2 aliphatic carbocycles. The van der Waals surface area contributed by atoms with Crippen LogP contribution >= 0.6 is 11.6 Å². The van der Waals surface area contributed by atoms with Crippen molar-refractivity contribution < 1.29 is 27.1 Å². The average Bonchev–Trinajstić information content (AvgIpc) is 3.72. The Balaban J connectivity index is 1.35. The highest BCUT2D eigenvalue weighted by atomic mass is 35.5. The number of hydrogen-bond acceptors (Lipinski definition) is 9. The summed E-state index contributed by atoms with van der Waals surface area (Å²) in [6.07, 6.45) is 8.35. The molecule has 2 atom stereocenters. The Morgan fingerprint density at radius 1 is 1.26 bits per heavy atom. The lowest BCUT2D eigenvalue weighted by Gasteiger charge is -2.40. The number of nitrogens with zero attached hydrogens (tertiary/aromatic N) is 4. The van der Waals surface area contributed by atoms with Crippen molar-refractivity contribution in [3.05, 3.63) is 46.4 Å². The number of likely N-dealkylation sites (tertiary alicyclic amines) is 1. The van der Waals surface area contributed by atoms with Crippen LogP contribution in [-0.4, -0.2) is 91.7 Å². The van der Waals surface area contributed by atoms with Gasteiger partial charge in [-0.05, 0) is 70.3 Å². The lowest BCUT2D eigenvalue weighted by molar-refractivity contribution is 0.0891. The van der Waals surface area contributed by atoms with Crippen LogP contribution in [-0.2, 0) is 10.0 Å². The molecule has 2 N–H and O–H groups in total. The van der Waals surface area contributed by atoms with Gasteiger partial charge >= 0.3 is 0 Å².